The average Bonchev–Trinajstić information content (AvgIpc) is 3.15. The topological polar surface area (TPSA) is 106 Å². The number of carboxylic acid groups (broad SMARTS) is 1. The van der Waals surface area contributed by atoms with Crippen LogP contribution < -0.4 is 0 Å². The SMILES string of the molecule is CN1C2CCC1CC(OC(=O)c1cn(S(C)(=O)=O)c3ccccc13)C2.O=C(O)C(F)(F)F. The van der Waals surface area contributed by atoms with E-state index in [2.05, 4.69) is 11.9 Å². The number of fused-ring (bicyclic) bond motifs is 3. The van der Waals surface area contributed by atoms with Gasteiger partial charge in [0.05, 0.1) is 17.3 Å². The largest absolute Gasteiger partial charge is 0.490 e. The number of ether oxygens (including phenoxy) is 1. The first kappa shape index (κ1) is 24.1. The van der Waals surface area contributed by atoms with Gasteiger partial charge in [-0.05, 0) is 26.0 Å². The second-order valence-electron chi connectivity index (χ2n) is 7.97. The van der Waals surface area contributed by atoms with E-state index in [4.69, 9.17) is 14.6 Å². The van der Waals surface area contributed by atoms with Gasteiger partial charge in [-0.3, -0.25) is 0 Å². The maximum Gasteiger partial charge on any atom is 0.490 e. The average molecular weight is 476 g/mol. The highest BCUT2D eigenvalue weighted by molar-refractivity contribution is 7.89. The third-order valence-corrected chi connectivity index (χ3v) is 6.84. The number of alkyl halides is 3. The van der Waals surface area contributed by atoms with Crippen molar-refractivity contribution in [3.8, 4) is 0 Å². The van der Waals surface area contributed by atoms with Gasteiger partial charge in [-0.25, -0.2) is 22.0 Å². The number of aliphatic carboxylic acids is 1. The molecule has 3 heterocycles. The Morgan fingerprint density at radius 3 is 2.16 bits per heavy atom. The van der Waals surface area contributed by atoms with Crippen molar-refractivity contribution in [1.82, 2.24) is 8.87 Å². The molecule has 2 aromatic rings. The van der Waals surface area contributed by atoms with Crippen LogP contribution in [0.5, 0.6) is 0 Å². The number of carboxylic acids is 1. The predicted octanol–water partition coefficient (Wildman–Crippen LogP) is 2.86. The van der Waals surface area contributed by atoms with E-state index in [1.165, 1.54) is 6.20 Å². The second-order valence-corrected chi connectivity index (χ2v) is 9.83. The van der Waals surface area contributed by atoms with E-state index in [0.717, 1.165) is 35.9 Å². The number of carbonyl (C=O) groups is 2. The third kappa shape index (κ3) is 5.07. The van der Waals surface area contributed by atoms with Gasteiger partial charge in [0.2, 0.25) is 10.0 Å². The quantitative estimate of drug-likeness (QED) is 0.679. The molecule has 2 fully saturated rings. The number of esters is 1. The molecule has 2 aliphatic rings. The van der Waals surface area contributed by atoms with Crippen molar-refractivity contribution < 1.29 is 41.0 Å². The van der Waals surface area contributed by atoms with Crippen LogP contribution >= 0.6 is 0 Å². The van der Waals surface area contributed by atoms with Crippen molar-refractivity contribution in [3.05, 3.63) is 36.0 Å². The fourth-order valence-corrected chi connectivity index (χ4v) is 5.07. The molecular formula is C20H23F3N2O6S. The summed E-state index contributed by atoms with van der Waals surface area (Å²) in [4.78, 5) is 24.0. The van der Waals surface area contributed by atoms with Gasteiger partial charge in [0.25, 0.3) is 0 Å². The van der Waals surface area contributed by atoms with E-state index in [-0.39, 0.29) is 6.10 Å². The summed E-state index contributed by atoms with van der Waals surface area (Å²) in [7, 11) is -1.35. The minimum absolute atomic E-state index is 0.0958. The number of benzene rings is 1. The molecule has 0 spiro atoms. The van der Waals surface area contributed by atoms with Gasteiger partial charge in [-0.15, -0.1) is 0 Å². The number of para-hydroxylation sites is 1. The van der Waals surface area contributed by atoms with Gasteiger partial charge in [0.1, 0.15) is 6.10 Å². The molecule has 4 rings (SSSR count). The zero-order valence-corrected chi connectivity index (χ0v) is 18.2. The molecule has 0 amide bonds. The van der Waals surface area contributed by atoms with Crippen molar-refractivity contribution in [2.45, 2.75) is 50.0 Å². The lowest BCUT2D eigenvalue weighted by Gasteiger charge is -2.35. The zero-order chi connectivity index (χ0) is 23.8. The second kappa shape index (κ2) is 8.74. The number of carbonyl (C=O) groups excluding carboxylic acids is 1. The van der Waals surface area contributed by atoms with Crippen LogP contribution in [0.4, 0.5) is 13.2 Å². The number of hydrogen-bond acceptors (Lipinski definition) is 6. The number of halogens is 3. The Morgan fingerprint density at radius 2 is 1.66 bits per heavy atom. The molecule has 12 heteroatoms. The predicted molar refractivity (Wildman–Crippen MR) is 109 cm³/mol. The summed E-state index contributed by atoms with van der Waals surface area (Å²) in [6.45, 7) is 0. The molecule has 2 aliphatic heterocycles. The third-order valence-electron chi connectivity index (χ3n) is 5.83. The van der Waals surface area contributed by atoms with E-state index in [1.54, 1.807) is 24.3 Å². The number of aromatic nitrogens is 1. The Hall–Kier alpha value is -2.60. The summed E-state index contributed by atoms with van der Waals surface area (Å²) in [5, 5.41) is 7.73. The molecule has 176 valence electrons. The first-order chi connectivity index (χ1) is 14.8. The van der Waals surface area contributed by atoms with Crippen LogP contribution in [0.1, 0.15) is 36.0 Å². The summed E-state index contributed by atoms with van der Waals surface area (Å²) in [6, 6.07) is 7.97. The van der Waals surface area contributed by atoms with E-state index < -0.39 is 28.1 Å². The first-order valence-electron chi connectivity index (χ1n) is 9.82. The van der Waals surface area contributed by atoms with Crippen molar-refractivity contribution in [1.29, 1.82) is 0 Å². The molecule has 8 nitrogen and oxygen atoms in total. The maximum atomic E-state index is 12.7. The van der Waals surface area contributed by atoms with Crippen molar-refractivity contribution >= 4 is 32.9 Å². The van der Waals surface area contributed by atoms with E-state index >= 15 is 0 Å². The van der Waals surface area contributed by atoms with E-state index in [9.17, 15) is 26.4 Å². The van der Waals surface area contributed by atoms with Gasteiger partial charge in [0, 0.05) is 36.5 Å². The summed E-state index contributed by atoms with van der Waals surface area (Å²) < 4.78 is 62.7. The molecule has 32 heavy (non-hydrogen) atoms. The van der Waals surface area contributed by atoms with Crippen LogP contribution in [0.2, 0.25) is 0 Å². The minimum Gasteiger partial charge on any atom is -0.475 e. The molecular weight excluding hydrogens is 453 g/mol. The number of hydrogen-bond donors (Lipinski definition) is 1. The van der Waals surface area contributed by atoms with Gasteiger partial charge in [0.15, 0.2) is 0 Å². The first-order valence-corrected chi connectivity index (χ1v) is 11.7. The Kier molecular flexibility index (Phi) is 6.57. The smallest absolute Gasteiger partial charge is 0.475 e. The molecule has 0 saturated carbocycles. The van der Waals surface area contributed by atoms with E-state index in [1.807, 2.05) is 0 Å². The Bertz CT molecular complexity index is 1110. The molecule has 2 unspecified atom stereocenters. The van der Waals surface area contributed by atoms with Gasteiger partial charge >= 0.3 is 18.1 Å². The summed E-state index contributed by atoms with van der Waals surface area (Å²) >= 11 is 0. The van der Waals surface area contributed by atoms with Gasteiger partial charge in [-0.2, -0.15) is 13.2 Å². The van der Waals surface area contributed by atoms with Crippen LogP contribution in [0.15, 0.2) is 30.5 Å². The molecule has 2 bridgehead atoms. The number of rotatable bonds is 3. The minimum atomic E-state index is -5.08. The highest BCUT2D eigenvalue weighted by Gasteiger charge is 2.40. The lowest BCUT2D eigenvalue weighted by molar-refractivity contribution is -0.192. The lowest BCUT2D eigenvalue weighted by Crippen LogP contribution is -2.43. The van der Waals surface area contributed by atoms with Crippen LogP contribution in [0, 0.1) is 0 Å². The van der Waals surface area contributed by atoms with Crippen LogP contribution in [0.25, 0.3) is 10.9 Å². The Labute approximate surface area is 182 Å². The van der Waals surface area contributed by atoms with Crippen molar-refractivity contribution in [2.75, 3.05) is 13.3 Å². The van der Waals surface area contributed by atoms with Crippen LogP contribution in [-0.4, -0.2) is 72.0 Å². The molecule has 1 aromatic carbocycles. The molecule has 2 atom stereocenters. The lowest BCUT2D eigenvalue weighted by atomic mass is 10.0. The summed E-state index contributed by atoms with van der Waals surface area (Å²) in [5.41, 5.74) is 0.813. The van der Waals surface area contributed by atoms with Crippen molar-refractivity contribution in [2.24, 2.45) is 0 Å². The van der Waals surface area contributed by atoms with Gasteiger partial charge < -0.3 is 14.7 Å². The van der Waals surface area contributed by atoms with Crippen LogP contribution in [-0.2, 0) is 19.6 Å². The summed E-state index contributed by atoms with van der Waals surface area (Å²) in [5.74, 6) is -3.19. The normalized spacial score (nSPS) is 23.5. The zero-order valence-electron chi connectivity index (χ0n) is 17.4. The van der Waals surface area contributed by atoms with E-state index in [0.29, 0.717) is 28.6 Å². The summed E-state index contributed by atoms with van der Waals surface area (Å²) in [6.07, 6.45) is 1.34. The van der Waals surface area contributed by atoms with Gasteiger partial charge in [-0.1, -0.05) is 18.2 Å². The fourth-order valence-electron chi connectivity index (χ4n) is 4.26. The standard InChI is InChI=1S/C18H22N2O4S.C2HF3O2/c1-19-12-7-8-13(19)10-14(9-12)24-18(21)16-11-20(25(2,22)23)17-6-4-3-5-15(16)17;3-2(4,5)1(6)7/h3-6,11-14H,7-10H2,1-2H3;(H,6,7). The number of nitrogens with zero attached hydrogens (tertiary/aromatic N) is 2. The molecule has 1 N–H and O–H groups in total. The monoisotopic (exact) mass is 476 g/mol. The Morgan fingerprint density at radius 1 is 1.12 bits per heavy atom. The van der Waals surface area contributed by atoms with Crippen LogP contribution in [0.3, 0.4) is 0 Å². The molecule has 1 aromatic heterocycles. The molecule has 0 aliphatic carbocycles. The highest BCUT2D eigenvalue weighted by atomic mass is 32.2. The molecule has 2 saturated heterocycles. The van der Waals surface area contributed by atoms with Crippen molar-refractivity contribution in [3.63, 3.8) is 0 Å². The highest BCUT2D eigenvalue weighted by Crippen LogP contribution is 2.36. The molecule has 0 radical (unpaired) electrons. The maximum absolute atomic E-state index is 12.7. The number of piperidine rings is 1. The fraction of sp³-hybridized carbons (Fsp3) is 0.500. The Balaban J connectivity index is 0.000000360.